The van der Waals surface area contributed by atoms with Gasteiger partial charge in [-0.25, -0.2) is 8.42 Å². The minimum atomic E-state index is -3.86. The van der Waals surface area contributed by atoms with Gasteiger partial charge in [-0.15, -0.1) is 0 Å². The first-order chi connectivity index (χ1) is 9.81. The van der Waals surface area contributed by atoms with Gasteiger partial charge in [-0.2, -0.15) is 0 Å². The predicted octanol–water partition coefficient (Wildman–Crippen LogP) is 3.91. The predicted molar refractivity (Wildman–Crippen MR) is 86.6 cm³/mol. The maximum Gasteiger partial charge on any atom is 0.263 e. The first kappa shape index (κ1) is 16.4. The van der Waals surface area contributed by atoms with Crippen molar-refractivity contribution in [3.8, 4) is 0 Å². The number of nitrogens with one attached hydrogen (secondary N) is 1. The summed E-state index contributed by atoms with van der Waals surface area (Å²) < 4.78 is 27.2. The summed E-state index contributed by atoms with van der Waals surface area (Å²) in [6, 6.07) is 8.98. The summed E-state index contributed by atoms with van der Waals surface area (Å²) >= 11 is 17.6. The van der Waals surface area contributed by atoms with E-state index in [-0.39, 0.29) is 22.2 Å². The van der Waals surface area contributed by atoms with Gasteiger partial charge in [0, 0.05) is 16.6 Å². The third kappa shape index (κ3) is 4.02. The number of benzene rings is 2. The lowest BCUT2D eigenvalue weighted by atomic mass is 10.2. The molecule has 2 rings (SSSR count). The molecular weight excluding hydrogens is 355 g/mol. The Kier molecular flexibility index (Phi) is 5.01. The van der Waals surface area contributed by atoms with Crippen LogP contribution in [0.2, 0.25) is 15.1 Å². The molecule has 8 heteroatoms. The van der Waals surface area contributed by atoms with Crippen molar-refractivity contribution >= 4 is 50.5 Å². The maximum atomic E-state index is 12.4. The molecular formula is C13H11Cl3N2O2S. The molecule has 2 aromatic carbocycles. The standard InChI is InChI=1S/C13H11Cl3N2O2S/c14-9-4-10(15)6-11(5-9)18-21(19,20)13-3-8(7-17)1-2-12(13)16/h1-6,18H,7,17H2. The molecule has 0 heterocycles. The molecule has 4 nitrogen and oxygen atoms in total. The van der Waals surface area contributed by atoms with Gasteiger partial charge in [-0.05, 0) is 35.9 Å². The van der Waals surface area contributed by atoms with Crippen LogP contribution in [0.15, 0.2) is 41.3 Å². The number of hydrogen-bond donors (Lipinski definition) is 2. The Hall–Kier alpha value is -0.980. The van der Waals surface area contributed by atoms with Gasteiger partial charge in [0.2, 0.25) is 0 Å². The zero-order chi connectivity index (χ0) is 15.6. The van der Waals surface area contributed by atoms with Crippen LogP contribution in [-0.2, 0) is 16.6 Å². The zero-order valence-electron chi connectivity index (χ0n) is 10.6. The zero-order valence-corrected chi connectivity index (χ0v) is 13.7. The molecule has 0 radical (unpaired) electrons. The van der Waals surface area contributed by atoms with Gasteiger partial charge in [0.15, 0.2) is 0 Å². The Morgan fingerprint density at radius 2 is 1.62 bits per heavy atom. The molecule has 0 fully saturated rings. The number of halogens is 3. The van der Waals surface area contributed by atoms with Crippen molar-refractivity contribution in [3.05, 3.63) is 57.0 Å². The molecule has 0 atom stereocenters. The van der Waals surface area contributed by atoms with Gasteiger partial charge in [-0.1, -0.05) is 40.9 Å². The molecule has 0 bridgehead atoms. The number of sulfonamides is 1. The molecule has 21 heavy (non-hydrogen) atoms. The van der Waals surface area contributed by atoms with Crippen LogP contribution in [0.3, 0.4) is 0 Å². The minimum absolute atomic E-state index is 0.0526. The van der Waals surface area contributed by atoms with E-state index in [4.69, 9.17) is 40.5 Å². The third-order valence-corrected chi connectivity index (χ3v) is 4.93. The first-order valence-electron chi connectivity index (χ1n) is 5.79. The molecule has 0 unspecified atom stereocenters. The lowest BCUT2D eigenvalue weighted by Crippen LogP contribution is -2.14. The molecule has 0 aromatic heterocycles. The van der Waals surface area contributed by atoms with Crippen molar-refractivity contribution in [1.29, 1.82) is 0 Å². The van der Waals surface area contributed by atoms with Crippen molar-refractivity contribution in [2.24, 2.45) is 5.73 Å². The molecule has 2 aromatic rings. The topological polar surface area (TPSA) is 72.2 Å². The SMILES string of the molecule is NCc1ccc(Cl)c(S(=O)(=O)Nc2cc(Cl)cc(Cl)c2)c1. The second-order valence-corrected chi connectivity index (χ2v) is 7.16. The van der Waals surface area contributed by atoms with Gasteiger partial charge in [0.1, 0.15) is 4.90 Å². The van der Waals surface area contributed by atoms with Crippen LogP contribution in [-0.4, -0.2) is 8.42 Å². The van der Waals surface area contributed by atoms with Crippen molar-refractivity contribution in [1.82, 2.24) is 0 Å². The molecule has 112 valence electrons. The maximum absolute atomic E-state index is 12.4. The fourth-order valence-electron chi connectivity index (χ4n) is 1.70. The minimum Gasteiger partial charge on any atom is -0.326 e. The highest BCUT2D eigenvalue weighted by Gasteiger charge is 2.19. The van der Waals surface area contributed by atoms with Crippen molar-refractivity contribution in [3.63, 3.8) is 0 Å². The summed E-state index contributed by atoms with van der Waals surface area (Å²) in [5.41, 5.74) is 6.42. The van der Waals surface area contributed by atoms with E-state index in [1.165, 1.54) is 30.3 Å². The normalized spacial score (nSPS) is 11.4. The van der Waals surface area contributed by atoms with E-state index in [1.54, 1.807) is 6.07 Å². The molecule has 0 aliphatic carbocycles. The van der Waals surface area contributed by atoms with E-state index in [1.807, 2.05) is 0 Å². The highest BCUT2D eigenvalue weighted by atomic mass is 35.5. The van der Waals surface area contributed by atoms with Gasteiger partial charge in [0.05, 0.1) is 10.7 Å². The lowest BCUT2D eigenvalue weighted by molar-refractivity contribution is 0.601. The fraction of sp³-hybridized carbons (Fsp3) is 0.0769. The number of nitrogens with two attached hydrogens (primary N) is 1. The first-order valence-corrected chi connectivity index (χ1v) is 8.41. The summed E-state index contributed by atoms with van der Waals surface area (Å²) in [6.07, 6.45) is 0. The largest absolute Gasteiger partial charge is 0.326 e. The second kappa shape index (κ2) is 6.42. The van der Waals surface area contributed by atoms with E-state index in [0.29, 0.717) is 15.6 Å². The molecule has 3 N–H and O–H groups in total. The van der Waals surface area contributed by atoms with Gasteiger partial charge in [0.25, 0.3) is 10.0 Å². The van der Waals surface area contributed by atoms with Crippen molar-refractivity contribution in [2.45, 2.75) is 11.4 Å². The Labute approximate surface area is 137 Å². The van der Waals surface area contributed by atoms with Crippen LogP contribution in [0.1, 0.15) is 5.56 Å². The van der Waals surface area contributed by atoms with Crippen LogP contribution >= 0.6 is 34.8 Å². The van der Waals surface area contributed by atoms with Crippen molar-refractivity contribution < 1.29 is 8.42 Å². The van der Waals surface area contributed by atoms with E-state index in [0.717, 1.165) is 0 Å². The monoisotopic (exact) mass is 364 g/mol. The van der Waals surface area contributed by atoms with E-state index in [2.05, 4.69) is 4.72 Å². The molecule has 0 saturated carbocycles. The summed E-state index contributed by atoms with van der Waals surface area (Å²) in [5, 5.41) is 0.747. The highest BCUT2D eigenvalue weighted by molar-refractivity contribution is 7.92. The highest BCUT2D eigenvalue weighted by Crippen LogP contribution is 2.27. The molecule has 0 amide bonds. The van der Waals surface area contributed by atoms with Gasteiger partial charge in [-0.3, -0.25) is 4.72 Å². The summed E-state index contributed by atoms with van der Waals surface area (Å²) in [5.74, 6) is 0. The Balaban J connectivity index is 2.42. The van der Waals surface area contributed by atoms with Crippen molar-refractivity contribution in [2.75, 3.05) is 4.72 Å². The third-order valence-electron chi connectivity index (χ3n) is 2.64. The molecule has 0 aliphatic rings. The Bertz CT molecular complexity index is 759. The average Bonchev–Trinajstić information content (AvgIpc) is 2.37. The second-order valence-electron chi connectivity index (χ2n) is 4.23. The smallest absolute Gasteiger partial charge is 0.263 e. The number of anilines is 1. The summed E-state index contributed by atoms with van der Waals surface area (Å²) in [6.45, 7) is 0.211. The van der Waals surface area contributed by atoms with Crippen LogP contribution in [0.5, 0.6) is 0 Å². The van der Waals surface area contributed by atoms with E-state index >= 15 is 0 Å². The van der Waals surface area contributed by atoms with Gasteiger partial charge < -0.3 is 5.73 Å². The molecule has 0 spiro atoms. The van der Waals surface area contributed by atoms with Crippen LogP contribution in [0.4, 0.5) is 5.69 Å². The van der Waals surface area contributed by atoms with E-state index < -0.39 is 10.0 Å². The van der Waals surface area contributed by atoms with E-state index in [9.17, 15) is 8.42 Å². The fourth-order valence-corrected chi connectivity index (χ4v) is 3.82. The summed E-state index contributed by atoms with van der Waals surface area (Å²) in [7, 11) is -3.86. The average molecular weight is 366 g/mol. The quantitative estimate of drug-likeness (QED) is 0.863. The molecule has 0 aliphatic heterocycles. The Morgan fingerprint density at radius 3 is 2.19 bits per heavy atom. The number of rotatable bonds is 4. The summed E-state index contributed by atoms with van der Waals surface area (Å²) in [4.78, 5) is -0.0526. The Morgan fingerprint density at radius 1 is 1.00 bits per heavy atom. The number of hydrogen-bond acceptors (Lipinski definition) is 3. The lowest BCUT2D eigenvalue weighted by Gasteiger charge is -2.11. The van der Waals surface area contributed by atoms with Crippen LogP contribution in [0.25, 0.3) is 0 Å². The van der Waals surface area contributed by atoms with Crippen LogP contribution < -0.4 is 10.5 Å². The van der Waals surface area contributed by atoms with Crippen LogP contribution in [0, 0.1) is 0 Å². The van der Waals surface area contributed by atoms with Gasteiger partial charge >= 0.3 is 0 Å². The molecule has 0 saturated heterocycles.